The van der Waals surface area contributed by atoms with Crippen LogP contribution in [0.15, 0.2) is 24.5 Å². The third-order valence-electron chi connectivity index (χ3n) is 3.11. The monoisotopic (exact) mass is 289 g/mol. The number of hydrogen-bond acceptors (Lipinski definition) is 5. The molecule has 0 aliphatic heterocycles. The number of ether oxygens (including phenoxy) is 2. The lowest BCUT2D eigenvalue weighted by molar-refractivity contribution is 0.0702. The van der Waals surface area contributed by atoms with Gasteiger partial charge in [0.25, 0.3) is 0 Å². The Morgan fingerprint density at radius 2 is 1.95 bits per heavy atom. The van der Waals surface area contributed by atoms with Crippen molar-refractivity contribution in [3.8, 4) is 11.5 Å². The van der Waals surface area contributed by atoms with Crippen LogP contribution in [-0.2, 0) is 0 Å². The van der Waals surface area contributed by atoms with Crippen molar-refractivity contribution in [1.82, 2.24) is 4.98 Å². The molecule has 1 N–H and O–H groups in total. The molecule has 3 aromatic rings. The number of carboxylic acids is 1. The van der Waals surface area contributed by atoms with Crippen LogP contribution in [0.4, 0.5) is 0 Å². The third kappa shape index (κ3) is 1.69. The lowest BCUT2D eigenvalue weighted by atomic mass is 10.1. The number of benzene rings is 1. The zero-order valence-corrected chi connectivity index (χ0v) is 11.7. The molecule has 2 heterocycles. The van der Waals surface area contributed by atoms with E-state index in [2.05, 4.69) is 4.98 Å². The predicted molar refractivity (Wildman–Crippen MR) is 77.2 cm³/mol. The molecule has 1 aromatic carbocycles. The second kappa shape index (κ2) is 4.64. The smallest absolute Gasteiger partial charge is 0.345 e. The fourth-order valence-corrected chi connectivity index (χ4v) is 3.33. The Balaban J connectivity index is 2.54. The molecule has 20 heavy (non-hydrogen) atoms. The minimum atomic E-state index is -0.961. The van der Waals surface area contributed by atoms with E-state index in [1.165, 1.54) is 11.3 Å². The molecule has 0 spiro atoms. The van der Waals surface area contributed by atoms with Crippen LogP contribution in [-0.4, -0.2) is 30.3 Å². The topological polar surface area (TPSA) is 68.7 Å². The fraction of sp³-hybridized carbons (Fsp3) is 0.143. The first-order valence-electron chi connectivity index (χ1n) is 5.82. The van der Waals surface area contributed by atoms with Crippen LogP contribution < -0.4 is 9.47 Å². The highest BCUT2D eigenvalue weighted by molar-refractivity contribution is 7.21. The molecule has 0 aliphatic rings. The van der Waals surface area contributed by atoms with Crippen LogP contribution in [0.3, 0.4) is 0 Å². The highest BCUT2D eigenvalue weighted by atomic mass is 32.1. The molecule has 6 heteroatoms. The summed E-state index contributed by atoms with van der Waals surface area (Å²) in [5, 5.41) is 11.5. The summed E-state index contributed by atoms with van der Waals surface area (Å²) >= 11 is 1.18. The molecule has 0 bridgehead atoms. The summed E-state index contributed by atoms with van der Waals surface area (Å²) in [5.74, 6) is 0.306. The van der Waals surface area contributed by atoms with Crippen LogP contribution in [0.1, 0.15) is 9.67 Å². The number of thiophene rings is 1. The Bertz CT molecular complexity index is 764. The van der Waals surface area contributed by atoms with Gasteiger partial charge in [-0.25, -0.2) is 4.79 Å². The molecule has 0 amide bonds. The minimum absolute atomic E-state index is 0.250. The standard InChI is InChI=1S/C14H11NO4S/c1-18-11-8-5-10(14(16)17)20-13(8)12(19-2)7-3-4-15-6-9(7)11/h3-6H,1-2H3,(H,16,17). The van der Waals surface area contributed by atoms with Gasteiger partial charge in [0.15, 0.2) is 0 Å². The summed E-state index contributed by atoms with van der Waals surface area (Å²) < 4.78 is 11.7. The van der Waals surface area contributed by atoms with Crippen LogP contribution in [0.2, 0.25) is 0 Å². The Hall–Kier alpha value is -2.34. The van der Waals surface area contributed by atoms with Crippen LogP contribution >= 0.6 is 11.3 Å². The van der Waals surface area contributed by atoms with Crippen molar-refractivity contribution in [3.63, 3.8) is 0 Å². The maximum atomic E-state index is 11.2. The van der Waals surface area contributed by atoms with Crippen LogP contribution in [0.25, 0.3) is 20.9 Å². The number of carboxylic acid groups (broad SMARTS) is 1. The zero-order valence-electron chi connectivity index (χ0n) is 10.8. The van der Waals surface area contributed by atoms with Crippen molar-refractivity contribution < 1.29 is 19.4 Å². The van der Waals surface area contributed by atoms with Gasteiger partial charge < -0.3 is 14.6 Å². The number of hydrogen-bond donors (Lipinski definition) is 1. The third-order valence-corrected chi connectivity index (χ3v) is 4.23. The fourth-order valence-electron chi connectivity index (χ4n) is 2.30. The van der Waals surface area contributed by atoms with Gasteiger partial charge in [-0.3, -0.25) is 4.98 Å². The van der Waals surface area contributed by atoms with E-state index >= 15 is 0 Å². The van der Waals surface area contributed by atoms with Gasteiger partial charge in [0, 0.05) is 28.6 Å². The lowest BCUT2D eigenvalue weighted by Crippen LogP contribution is -1.91. The van der Waals surface area contributed by atoms with Gasteiger partial charge in [0.05, 0.1) is 18.9 Å². The Morgan fingerprint density at radius 1 is 1.20 bits per heavy atom. The SMILES string of the molecule is COc1c2cnccc2c(OC)c2sc(C(=O)O)cc12. The summed E-state index contributed by atoms with van der Waals surface area (Å²) in [4.78, 5) is 15.5. The van der Waals surface area contributed by atoms with Crippen molar-refractivity contribution >= 4 is 38.2 Å². The number of pyridine rings is 1. The van der Waals surface area contributed by atoms with Gasteiger partial charge in [-0.2, -0.15) is 0 Å². The van der Waals surface area contributed by atoms with Gasteiger partial charge in [-0.15, -0.1) is 11.3 Å². The molecule has 0 saturated heterocycles. The van der Waals surface area contributed by atoms with Crippen molar-refractivity contribution in [1.29, 1.82) is 0 Å². The zero-order chi connectivity index (χ0) is 14.3. The van der Waals surface area contributed by atoms with E-state index < -0.39 is 5.97 Å². The molecule has 0 atom stereocenters. The molecular formula is C14H11NO4S. The number of methoxy groups -OCH3 is 2. The maximum absolute atomic E-state index is 11.2. The molecule has 0 fully saturated rings. The van der Waals surface area contributed by atoms with Crippen LogP contribution in [0, 0.1) is 0 Å². The lowest BCUT2D eigenvalue weighted by Gasteiger charge is -2.11. The van der Waals surface area contributed by atoms with E-state index in [9.17, 15) is 4.79 Å². The molecule has 0 radical (unpaired) electrons. The average molecular weight is 289 g/mol. The molecular weight excluding hydrogens is 278 g/mol. The number of fused-ring (bicyclic) bond motifs is 2. The number of nitrogens with zero attached hydrogens (tertiary/aromatic N) is 1. The molecule has 2 aromatic heterocycles. The van der Waals surface area contributed by atoms with E-state index in [0.717, 1.165) is 20.9 Å². The molecule has 5 nitrogen and oxygen atoms in total. The number of aromatic nitrogens is 1. The summed E-state index contributed by atoms with van der Waals surface area (Å²) in [6.07, 6.45) is 3.36. The number of carbonyl (C=O) groups is 1. The second-order valence-electron chi connectivity index (χ2n) is 4.15. The maximum Gasteiger partial charge on any atom is 0.345 e. The highest BCUT2D eigenvalue weighted by Gasteiger charge is 2.20. The van der Waals surface area contributed by atoms with Crippen molar-refractivity contribution in [3.05, 3.63) is 29.4 Å². The van der Waals surface area contributed by atoms with Crippen molar-refractivity contribution in [2.75, 3.05) is 14.2 Å². The molecule has 0 saturated carbocycles. The Kier molecular flexibility index (Phi) is 2.94. The summed E-state index contributed by atoms with van der Waals surface area (Å²) in [6, 6.07) is 3.44. The number of rotatable bonds is 3. The van der Waals surface area contributed by atoms with E-state index in [1.807, 2.05) is 6.07 Å². The van der Waals surface area contributed by atoms with Crippen molar-refractivity contribution in [2.24, 2.45) is 0 Å². The van der Waals surface area contributed by atoms with Gasteiger partial charge in [-0.1, -0.05) is 0 Å². The largest absolute Gasteiger partial charge is 0.495 e. The van der Waals surface area contributed by atoms with Gasteiger partial charge >= 0.3 is 5.97 Å². The average Bonchev–Trinajstić information content (AvgIpc) is 2.89. The first-order valence-corrected chi connectivity index (χ1v) is 6.63. The highest BCUT2D eigenvalue weighted by Crippen LogP contribution is 2.45. The van der Waals surface area contributed by atoms with E-state index in [4.69, 9.17) is 14.6 Å². The van der Waals surface area contributed by atoms with Crippen LogP contribution in [0.5, 0.6) is 11.5 Å². The van der Waals surface area contributed by atoms with E-state index in [0.29, 0.717) is 11.5 Å². The van der Waals surface area contributed by atoms with E-state index in [1.54, 1.807) is 32.7 Å². The number of aromatic carboxylic acids is 1. The second-order valence-corrected chi connectivity index (χ2v) is 5.20. The minimum Gasteiger partial charge on any atom is -0.495 e. The summed E-state index contributed by atoms with van der Waals surface area (Å²) in [5.41, 5.74) is 0. The van der Waals surface area contributed by atoms with Crippen molar-refractivity contribution in [2.45, 2.75) is 0 Å². The molecule has 0 unspecified atom stereocenters. The van der Waals surface area contributed by atoms with Gasteiger partial charge in [0.2, 0.25) is 0 Å². The molecule has 3 rings (SSSR count). The summed E-state index contributed by atoms with van der Waals surface area (Å²) in [6.45, 7) is 0. The summed E-state index contributed by atoms with van der Waals surface area (Å²) in [7, 11) is 3.13. The first kappa shape index (κ1) is 12.7. The Labute approximate surface area is 118 Å². The molecule has 0 aliphatic carbocycles. The van der Waals surface area contributed by atoms with Gasteiger partial charge in [0.1, 0.15) is 16.4 Å². The first-order chi connectivity index (χ1) is 9.67. The van der Waals surface area contributed by atoms with E-state index in [-0.39, 0.29) is 4.88 Å². The Morgan fingerprint density at radius 3 is 2.60 bits per heavy atom. The molecule has 102 valence electrons. The quantitative estimate of drug-likeness (QED) is 0.802. The predicted octanol–water partition coefficient (Wildman–Crippen LogP) is 3.16. The normalized spacial score (nSPS) is 10.9. The van der Waals surface area contributed by atoms with Gasteiger partial charge in [-0.05, 0) is 12.1 Å².